The summed E-state index contributed by atoms with van der Waals surface area (Å²) in [5.74, 6) is -2.23. The van der Waals surface area contributed by atoms with Crippen LogP contribution in [0, 0.1) is 5.92 Å². The van der Waals surface area contributed by atoms with Gasteiger partial charge in [0.05, 0.1) is 19.4 Å². The fraction of sp³-hybridized carbons (Fsp3) is 0.320. The number of hydrogen-bond acceptors (Lipinski definition) is 8. The quantitative estimate of drug-likeness (QED) is 0.228. The molecule has 0 saturated heterocycles. The van der Waals surface area contributed by atoms with E-state index in [4.69, 9.17) is 9.47 Å². The molecule has 0 bridgehead atoms. The van der Waals surface area contributed by atoms with Crippen molar-refractivity contribution < 1.29 is 29.0 Å². The van der Waals surface area contributed by atoms with Gasteiger partial charge in [0.1, 0.15) is 6.04 Å². The molecule has 34 heavy (non-hydrogen) atoms. The monoisotopic (exact) mass is 467 g/mol. The van der Waals surface area contributed by atoms with Crippen LogP contribution in [0.1, 0.15) is 43.1 Å². The molecule has 9 heteroatoms. The number of benzene rings is 2. The maximum Gasteiger partial charge on any atom is 0.362 e. The molecule has 180 valence electrons. The van der Waals surface area contributed by atoms with Crippen LogP contribution in [0.25, 0.3) is 5.76 Å². The van der Waals surface area contributed by atoms with E-state index in [1.807, 2.05) is 13.8 Å². The third-order valence-corrected chi connectivity index (χ3v) is 5.09. The van der Waals surface area contributed by atoms with Gasteiger partial charge in [0.2, 0.25) is 5.70 Å². The number of nitrogens with zero attached hydrogens (tertiary/aromatic N) is 2. The normalized spacial score (nSPS) is 13.5. The number of azo groups is 1. The Hall–Kier alpha value is -4.01. The van der Waals surface area contributed by atoms with Gasteiger partial charge in [-0.3, -0.25) is 4.79 Å². The summed E-state index contributed by atoms with van der Waals surface area (Å²) < 4.78 is 9.77. The Bertz CT molecular complexity index is 1050. The molecule has 2 atom stereocenters. The topological polar surface area (TPSA) is 127 Å². The van der Waals surface area contributed by atoms with E-state index in [0.717, 1.165) is 0 Å². The van der Waals surface area contributed by atoms with Gasteiger partial charge in [0, 0.05) is 11.1 Å². The average molecular weight is 468 g/mol. The molecular weight excluding hydrogens is 438 g/mol. The molecule has 0 fully saturated rings. The Kier molecular flexibility index (Phi) is 9.94. The first-order valence-corrected chi connectivity index (χ1v) is 10.9. The highest BCUT2D eigenvalue weighted by molar-refractivity contribution is 5.97. The molecule has 0 aromatic heterocycles. The largest absolute Gasteiger partial charge is 0.505 e. The first kappa shape index (κ1) is 26.2. The molecule has 2 aromatic rings. The molecule has 2 rings (SSSR count). The Morgan fingerprint density at radius 3 is 2.21 bits per heavy atom. The van der Waals surface area contributed by atoms with Gasteiger partial charge in [-0.2, -0.15) is 5.11 Å². The molecule has 0 aliphatic carbocycles. The highest BCUT2D eigenvalue weighted by atomic mass is 16.5. The minimum absolute atomic E-state index is 0.102. The van der Waals surface area contributed by atoms with Crippen molar-refractivity contribution in [2.24, 2.45) is 16.1 Å². The van der Waals surface area contributed by atoms with Gasteiger partial charge in [-0.1, -0.05) is 50.6 Å². The van der Waals surface area contributed by atoms with Crippen LogP contribution in [-0.4, -0.2) is 42.7 Å². The number of ether oxygens (including phenoxy) is 2. The summed E-state index contributed by atoms with van der Waals surface area (Å²) in [4.78, 5) is 36.9. The molecular formula is C25H29N3O6. The minimum Gasteiger partial charge on any atom is -0.505 e. The van der Waals surface area contributed by atoms with E-state index in [1.165, 1.54) is 31.4 Å². The molecule has 2 unspecified atom stereocenters. The fourth-order valence-electron chi connectivity index (χ4n) is 2.92. The highest BCUT2D eigenvalue weighted by Gasteiger charge is 2.27. The lowest BCUT2D eigenvalue weighted by atomic mass is 9.99. The average Bonchev–Trinajstić information content (AvgIpc) is 2.87. The number of esters is 2. The van der Waals surface area contributed by atoms with Crippen LogP contribution in [0.5, 0.6) is 0 Å². The molecule has 0 heterocycles. The molecule has 2 N–H and O–H groups in total. The van der Waals surface area contributed by atoms with Crippen LogP contribution < -0.4 is 5.32 Å². The molecule has 1 amide bonds. The fourth-order valence-corrected chi connectivity index (χ4v) is 2.92. The third-order valence-electron chi connectivity index (χ3n) is 5.09. The zero-order chi connectivity index (χ0) is 25.1. The van der Waals surface area contributed by atoms with Crippen molar-refractivity contribution in [3.05, 3.63) is 71.4 Å². The van der Waals surface area contributed by atoms with Crippen molar-refractivity contribution in [2.45, 2.75) is 33.2 Å². The van der Waals surface area contributed by atoms with E-state index in [1.54, 1.807) is 37.3 Å². The van der Waals surface area contributed by atoms with E-state index in [9.17, 15) is 19.5 Å². The van der Waals surface area contributed by atoms with E-state index >= 15 is 0 Å². The lowest BCUT2D eigenvalue weighted by Gasteiger charge is -2.21. The van der Waals surface area contributed by atoms with Gasteiger partial charge in [-0.15, -0.1) is 5.11 Å². The zero-order valence-electron chi connectivity index (χ0n) is 19.6. The lowest BCUT2D eigenvalue weighted by molar-refractivity contribution is -0.144. The smallest absolute Gasteiger partial charge is 0.362 e. The molecule has 0 aliphatic heterocycles. The molecule has 0 radical (unpaired) electrons. The van der Waals surface area contributed by atoms with Crippen molar-refractivity contribution in [2.75, 3.05) is 13.7 Å². The van der Waals surface area contributed by atoms with Crippen LogP contribution in [0.4, 0.5) is 5.69 Å². The van der Waals surface area contributed by atoms with Crippen molar-refractivity contribution >= 4 is 29.3 Å². The molecule has 9 nitrogen and oxygen atoms in total. The number of aliphatic hydroxyl groups is 1. The highest BCUT2D eigenvalue weighted by Crippen LogP contribution is 2.21. The summed E-state index contributed by atoms with van der Waals surface area (Å²) >= 11 is 0. The number of amides is 1. The second-order valence-electron chi connectivity index (χ2n) is 7.39. The first-order chi connectivity index (χ1) is 16.3. The predicted octanol–water partition coefficient (Wildman–Crippen LogP) is 4.58. The zero-order valence-corrected chi connectivity index (χ0v) is 19.6. The van der Waals surface area contributed by atoms with Gasteiger partial charge in [-0.05, 0) is 37.1 Å². The maximum atomic E-state index is 12.6. The molecule has 0 saturated carbocycles. The summed E-state index contributed by atoms with van der Waals surface area (Å²) in [5.41, 5.74) is 0.692. The van der Waals surface area contributed by atoms with Crippen molar-refractivity contribution in [3.8, 4) is 0 Å². The van der Waals surface area contributed by atoms with E-state index in [0.29, 0.717) is 23.2 Å². The summed E-state index contributed by atoms with van der Waals surface area (Å²) in [6.45, 7) is 5.51. The van der Waals surface area contributed by atoms with Crippen molar-refractivity contribution in [1.29, 1.82) is 0 Å². The number of aliphatic hydroxyl groups excluding tert-OH is 1. The number of hydrogen-bond donors (Lipinski definition) is 2. The van der Waals surface area contributed by atoms with Gasteiger partial charge < -0.3 is 19.9 Å². The Morgan fingerprint density at radius 1 is 1.00 bits per heavy atom. The van der Waals surface area contributed by atoms with Crippen LogP contribution in [0.15, 0.2) is 70.5 Å². The Morgan fingerprint density at radius 2 is 1.65 bits per heavy atom. The van der Waals surface area contributed by atoms with Crippen LogP contribution in [-0.2, 0) is 19.1 Å². The van der Waals surface area contributed by atoms with Crippen LogP contribution in [0.3, 0.4) is 0 Å². The molecule has 0 aliphatic rings. The van der Waals surface area contributed by atoms with E-state index in [2.05, 4.69) is 15.5 Å². The maximum absolute atomic E-state index is 12.6. The number of carbonyl (C=O) groups is 3. The Labute approximate surface area is 198 Å². The summed E-state index contributed by atoms with van der Waals surface area (Å²) in [5, 5.41) is 21.1. The molecule has 0 spiro atoms. The molecule has 2 aromatic carbocycles. The predicted molar refractivity (Wildman–Crippen MR) is 126 cm³/mol. The number of rotatable bonds is 10. The van der Waals surface area contributed by atoms with Crippen molar-refractivity contribution in [3.63, 3.8) is 0 Å². The van der Waals surface area contributed by atoms with Gasteiger partial charge in [0.25, 0.3) is 5.91 Å². The van der Waals surface area contributed by atoms with Gasteiger partial charge in [-0.25, -0.2) is 9.59 Å². The first-order valence-electron chi connectivity index (χ1n) is 10.9. The Balaban J connectivity index is 2.23. The number of carbonyl (C=O) groups excluding carboxylic acids is 3. The standard InChI is InChI=1S/C25H29N3O6/c1-5-16(3)20(24(31)33-4)26-23(30)18-12-14-19(15-13-18)27-28-21(25(32)34-6-2)22(29)17-10-8-7-9-11-17/h7-16,20,29H,5-6H2,1-4H3,(H,26,30)/b22-21-,28-27?. The van der Waals surface area contributed by atoms with E-state index in [-0.39, 0.29) is 24.0 Å². The second-order valence-corrected chi connectivity index (χ2v) is 7.39. The third kappa shape index (κ3) is 6.99. The SMILES string of the molecule is CCOC(=O)/C(N=Nc1ccc(C(=O)NC(C(=O)OC)C(C)CC)cc1)=C(/O)c1ccccc1. The van der Waals surface area contributed by atoms with Gasteiger partial charge in [0.15, 0.2) is 5.76 Å². The van der Waals surface area contributed by atoms with Crippen molar-refractivity contribution in [1.82, 2.24) is 5.32 Å². The second kappa shape index (κ2) is 12.9. The summed E-state index contributed by atoms with van der Waals surface area (Å²) in [6, 6.07) is 13.8. The van der Waals surface area contributed by atoms with Crippen LogP contribution >= 0.6 is 0 Å². The number of nitrogens with one attached hydrogen (secondary N) is 1. The summed E-state index contributed by atoms with van der Waals surface area (Å²) in [7, 11) is 1.28. The van der Waals surface area contributed by atoms with E-state index < -0.39 is 23.9 Å². The number of methoxy groups -OCH3 is 1. The summed E-state index contributed by atoms with van der Waals surface area (Å²) in [6.07, 6.45) is 0.686. The van der Waals surface area contributed by atoms with Crippen LogP contribution in [0.2, 0.25) is 0 Å². The van der Waals surface area contributed by atoms with Gasteiger partial charge >= 0.3 is 11.9 Å². The lowest BCUT2D eigenvalue weighted by Crippen LogP contribution is -2.45. The minimum atomic E-state index is -0.817.